The molecule has 102 valence electrons. The van der Waals surface area contributed by atoms with E-state index in [4.69, 9.17) is 0 Å². The summed E-state index contributed by atoms with van der Waals surface area (Å²) in [4.78, 5) is 5.33. The zero-order valence-electron chi connectivity index (χ0n) is 11.3. The van der Waals surface area contributed by atoms with Crippen molar-refractivity contribution >= 4 is 17.0 Å². The molecule has 0 aliphatic heterocycles. The predicted molar refractivity (Wildman–Crippen MR) is 80.6 cm³/mol. The normalized spacial score (nSPS) is 12.3. The van der Waals surface area contributed by atoms with Crippen LogP contribution >= 0.6 is 11.3 Å². The molecule has 0 saturated carbocycles. The topological polar surface area (TPSA) is 55.6 Å². The van der Waals surface area contributed by atoms with Gasteiger partial charge in [-0.3, -0.25) is 4.98 Å². The Kier molecular flexibility index (Phi) is 3.47. The molecule has 3 rings (SSSR count). The maximum absolute atomic E-state index is 4.10. The summed E-state index contributed by atoms with van der Waals surface area (Å²) < 4.78 is 1.91. The number of nitrogens with one attached hydrogen (secondary N) is 1. The summed E-state index contributed by atoms with van der Waals surface area (Å²) in [7, 11) is 1.94. The first-order chi connectivity index (χ1) is 9.74. The van der Waals surface area contributed by atoms with Gasteiger partial charge in [-0.2, -0.15) is 0 Å². The van der Waals surface area contributed by atoms with Gasteiger partial charge in [-0.25, -0.2) is 0 Å². The molecule has 6 heteroatoms. The molecular weight excluding hydrogens is 270 g/mol. The molecule has 0 aliphatic rings. The second-order valence-corrected chi connectivity index (χ2v) is 5.53. The lowest BCUT2D eigenvalue weighted by Gasteiger charge is -2.13. The van der Waals surface area contributed by atoms with Gasteiger partial charge in [0, 0.05) is 29.4 Å². The number of aromatic nitrogens is 4. The van der Waals surface area contributed by atoms with Crippen molar-refractivity contribution in [1.82, 2.24) is 19.7 Å². The van der Waals surface area contributed by atoms with E-state index < -0.39 is 0 Å². The fourth-order valence-electron chi connectivity index (χ4n) is 2.02. The van der Waals surface area contributed by atoms with Crippen LogP contribution in [-0.2, 0) is 7.05 Å². The Morgan fingerprint density at radius 2 is 2.05 bits per heavy atom. The summed E-state index contributed by atoms with van der Waals surface area (Å²) in [6, 6.07) is 8.46. The van der Waals surface area contributed by atoms with Crippen molar-refractivity contribution in [2.24, 2.45) is 7.05 Å². The van der Waals surface area contributed by atoms with Gasteiger partial charge in [-0.1, -0.05) is 0 Å². The van der Waals surface area contributed by atoms with E-state index in [1.165, 1.54) is 4.88 Å². The van der Waals surface area contributed by atoms with E-state index in [0.29, 0.717) is 0 Å². The van der Waals surface area contributed by atoms with Crippen LogP contribution in [-0.4, -0.2) is 19.7 Å². The van der Waals surface area contributed by atoms with Crippen LogP contribution < -0.4 is 5.32 Å². The first kappa shape index (κ1) is 12.8. The lowest BCUT2D eigenvalue weighted by Crippen LogP contribution is -2.04. The molecule has 1 aromatic carbocycles. The minimum atomic E-state index is 0.253. The van der Waals surface area contributed by atoms with Crippen molar-refractivity contribution in [3.8, 4) is 11.4 Å². The minimum Gasteiger partial charge on any atom is -0.378 e. The molecule has 20 heavy (non-hydrogen) atoms. The quantitative estimate of drug-likeness (QED) is 0.800. The number of aryl methyl sites for hydroxylation is 1. The third kappa shape index (κ3) is 2.55. The van der Waals surface area contributed by atoms with E-state index in [-0.39, 0.29) is 6.04 Å². The van der Waals surface area contributed by atoms with Gasteiger partial charge in [0.25, 0.3) is 0 Å². The third-order valence-electron chi connectivity index (χ3n) is 3.12. The van der Waals surface area contributed by atoms with E-state index in [0.717, 1.165) is 17.1 Å². The van der Waals surface area contributed by atoms with Gasteiger partial charge >= 0.3 is 0 Å². The number of rotatable bonds is 4. The molecule has 0 saturated heterocycles. The van der Waals surface area contributed by atoms with Gasteiger partial charge in [0.15, 0.2) is 5.82 Å². The first-order valence-electron chi connectivity index (χ1n) is 6.33. The van der Waals surface area contributed by atoms with Gasteiger partial charge in [-0.05, 0) is 31.2 Å². The van der Waals surface area contributed by atoms with Gasteiger partial charge in [-0.15, -0.1) is 21.5 Å². The standard InChI is InChI=1S/C14H15N5S/c1-10(13-7-15-9-20-13)17-12-5-3-11(4-6-12)14-18-16-8-19(14)2/h3-10,17H,1-2H3. The molecule has 0 radical (unpaired) electrons. The number of hydrogen-bond donors (Lipinski definition) is 1. The van der Waals surface area contributed by atoms with E-state index >= 15 is 0 Å². The fourth-order valence-corrected chi connectivity index (χ4v) is 2.65. The lowest BCUT2D eigenvalue weighted by atomic mass is 10.2. The summed E-state index contributed by atoms with van der Waals surface area (Å²) in [6.45, 7) is 2.13. The second kappa shape index (κ2) is 5.42. The van der Waals surface area contributed by atoms with Gasteiger partial charge in [0.05, 0.1) is 11.6 Å². The van der Waals surface area contributed by atoms with Crippen LogP contribution in [0.25, 0.3) is 11.4 Å². The Morgan fingerprint density at radius 3 is 2.65 bits per heavy atom. The zero-order chi connectivity index (χ0) is 13.9. The highest BCUT2D eigenvalue weighted by Crippen LogP contribution is 2.24. The molecule has 0 amide bonds. The number of anilines is 1. The van der Waals surface area contributed by atoms with Crippen molar-refractivity contribution in [2.45, 2.75) is 13.0 Å². The Hall–Kier alpha value is -2.21. The highest BCUT2D eigenvalue weighted by molar-refractivity contribution is 7.09. The first-order valence-corrected chi connectivity index (χ1v) is 7.21. The van der Waals surface area contributed by atoms with Gasteiger partial charge < -0.3 is 9.88 Å². The molecule has 0 spiro atoms. The Bertz CT molecular complexity index is 672. The summed E-state index contributed by atoms with van der Waals surface area (Å²) in [5, 5.41) is 11.5. The molecule has 0 bridgehead atoms. The SMILES string of the molecule is CC(Nc1ccc(-c2nncn2C)cc1)c1cncs1. The van der Waals surface area contributed by atoms with Crippen LogP contribution in [0.2, 0.25) is 0 Å². The van der Waals surface area contributed by atoms with Crippen LogP contribution in [0.15, 0.2) is 42.3 Å². The van der Waals surface area contributed by atoms with Crippen molar-refractivity contribution in [3.63, 3.8) is 0 Å². The summed E-state index contributed by atoms with van der Waals surface area (Å²) in [6.07, 6.45) is 3.60. The Labute approximate surface area is 121 Å². The van der Waals surface area contributed by atoms with Crippen LogP contribution in [0.4, 0.5) is 5.69 Å². The molecule has 0 fully saturated rings. The number of nitrogens with zero attached hydrogens (tertiary/aromatic N) is 4. The molecule has 1 atom stereocenters. The molecular formula is C14H15N5S. The van der Waals surface area contributed by atoms with Crippen molar-refractivity contribution in [1.29, 1.82) is 0 Å². The Morgan fingerprint density at radius 1 is 1.25 bits per heavy atom. The molecule has 1 unspecified atom stereocenters. The summed E-state index contributed by atoms with van der Waals surface area (Å²) >= 11 is 1.66. The molecule has 2 heterocycles. The van der Waals surface area contributed by atoms with Crippen LogP contribution in [0.5, 0.6) is 0 Å². The molecule has 1 N–H and O–H groups in total. The summed E-state index contributed by atoms with van der Waals surface area (Å²) in [5.74, 6) is 0.868. The smallest absolute Gasteiger partial charge is 0.163 e. The predicted octanol–water partition coefficient (Wildman–Crippen LogP) is 3.11. The average molecular weight is 285 g/mol. The lowest BCUT2D eigenvalue weighted by molar-refractivity contribution is 0.903. The third-order valence-corrected chi connectivity index (χ3v) is 4.07. The highest BCUT2D eigenvalue weighted by Gasteiger charge is 2.08. The van der Waals surface area contributed by atoms with Crippen LogP contribution in [0.3, 0.4) is 0 Å². The van der Waals surface area contributed by atoms with Gasteiger partial charge in [0.2, 0.25) is 0 Å². The monoisotopic (exact) mass is 285 g/mol. The number of benzene rings is 1. The Balaban J connectivity index is 1.75. The fraction of sp³-hybridized carbons (Fsp3) is 0.214. The second-order valence-electron chi connectivity index (χ2n) is 4.61. The largest absolute Gasteiger partial charge is 0.378 e. The van der Waals surface area contributed by atoms with Crippen LogP contribution in [0, 0.1) is 0 Å². The van der Waals surface area contributed by atoms with Crippen molar-refractivity contribution in [3.05, 3.63) is 47.2 Å². The average Bonchev–Trinajstić information content (AvgIpc) is 3.11. The van der Waals surface area contributed by atoms with Crippen molar-refractivity contribution < 1.29 is 0 Å². The van der Waals surface area contributed by atoms with E-state index in [2.05, 4.69) is 39.6 Å². The number of hydrogen-bond acceptors (Lipinski definition) is 5. The summed E-state index contributed by atoms with van der Waals surface area (Å²) in [5.41, 5.74) is 3.99. The maximum atomic E-state index is 4.10. The van der Waals surface area contributed by atoms with E-state index in [9.17, 15) is 0 Å². The highest BCUT2D eigenvalue weighted by atomic mass is 32.1. The molecule has 3 aromatic rings. The molecule has 2 aromatic heterocycles. The van der Waals surface area contributed by atoms with E-state index in [1.54, 1.807) is 17.7 Å². The van der Waals surface area contributed by atoms with Gasteiger partial charge in [0.1, 0.15) is 6.33 Å². The molecule has 0 aliphatic carbocycles. The van der Waals surface area contributed by atoms with Crippen LogP contribution in [0.1, 0.15) is 17.8 Å². The minimum absolute atomic E-state index is 0.253. The van der Waals surface area contributed by atoms with E-state index in [1.807, 2.05) is 35.5 Å². The zero-order valence-corrected chi connectivity index (χ0v) is 12.1. The molecule has 5 nitrogen and oxygen atoms in total. The van der Waals surface area contributed by atoms with Crippen molar-refractivity contribution in [2.75, 3.05) is 5.32 Å². The maximum Gasteiger partial charge on any atom is 0.163 e. The number of thiazole rings is 1.